The number of aliphatic carboxylic acids is 1. The van der Waals surface area contributed by atoms with E-state index in [0.29, 0.717) is 24.3 Å². The Hall–Kier alpha value is -2.04. The van der Waals surface area contributed by atoms with Gasteiger partial charge >= 0.3 is 5.97 Å². The minimum Gasteiger partial charge on any atom is -0.496 e. The van der Waals surface area contributed by atoms with Gasteiger partial charge < -0.3 is 14.7 Å². The van der Waals surface area contributed by atoms with Gasteiger partial charge in [0.15, 0.2) is 0 Å². The molecule has 5 heteroatoms. The molecule has 1 heterocycles. The van der Waals surface area contributed by atoms with E-state index in [2.05, 4.69) is 0 Å². The second-order valence-electron chi connectivity index (χ2n) is 5.03. The SMILES string of the molecule is COc1cc(C(=O)N2CCCC[C@@H]2C(=O)O)ccc1C. The molecule has 1 amide bonds. The zero-order valence-corrected chi connectivity index (χ0v) is 11.8. The van der Waals surface area contributed by atoms with Crippen LogP contribution in [-0.4, -0.2) is 41.6 Å². The van der Waals surface area contributed by atoms with Crippen LogP contribution in [0.2, 0.25) is 0 Å². The number of methoxy groups -OCH3 is 1. The summed E-state index contributed by atoms with van der Waals surface area (Å²) in [6, 6.07) is 4.48. The molecule has 0 spiro atoms. The quantitative estimate of drug-likeness (QED) is 0.918. The van der Waals surface area contributed by atoms with Gasteiger partial charge in [-0.3, -0.25) is 4.79 Å². The molecule has 108 valence electrons. The Morgan fingerprint density at radius 1 is 1.35 bits per heavy atom. The highest BCUT2D eigenvalue weighted by Gasteiger charge is 2.32. The van der Waals surface area contributed by atoms with Crippen molar-refractivity contribution in [2.24, 2.45) is 0 Å². The van der Waals surface area contributed by atoms with Crippen LogP contribution in [0.5, 0.6) is 5.75 Å². The van der Waals surface area contributed by atoms with E-state index in [1.807, 2.05) is 13.0 Å². The number of carbonyl (C=O) groups is 2. The van der Waals surface area contributed by atoms with Crippen molar-refractivity contribution in [1.29, 1.82) is 0 Å². The fraction of sp³-hybridized carbons (Fsp3) is 0.467. The van der Waals surface area contributed by atoms with Crippen molar-refractivity contribution < 1.29 is 19.4 Å². The first kappa shape index (κ1) is 14.4. The topological polar surface area (TPSA) is 66.8 Å². The Morgan fingerprint density at radius 2 is 2.10 bits per heavy atom. The van der Waals surface area contributed by atoms with Gasteiger partial charge in [-0.25, -0.2) is 4.79 Å². The lowest BCUT2D eigenvalue weighted by Gasteiger charge is -2.33. The third kappa shape index (κ3) is 2.76. The highest BCUT2D eigenvalue weighted by Crippen LogP contribution is 2.23. The van der Waals surface area contributed by atoms with Crippen molar-refractivity contribution in [3.63, 3.8) is 0 Å². The van der Waals surface area contributed by atoms with Gasteiger partial charge in [0.2, 0.25) is 0 Å². The van der Waals surface area contributed by atoms with Crippen molar-refractivity contribution in [2.75, 3.05) is 13.7 Å². The van der Waals surface area contributed by atoms with E-state index < -0.39 is 12.0 Å². The third-order valence-electron chi connectivity index (χ3n) is 3.70. The molecule has 1 aromatic rings. The van der Waals surface area contributed by atoms with Gasteiger partial charge in [0, 0.05) is 12.1 Å². The minimum absolute atomic E-state index is 0.240. The standard InChI is InChI=1S/C15H19NO4/c1-10-6-7-11(9-13(10)20-2)14(17)16-8-4-3-5-12(16)15(18)19/h6-7,9,12H,3-5,8H2,1-2H3,(H,18,19)/t12-/m1/s1. The minimum atomic E-state index is -0.933. The highest BCUT2D eigenvalue weighted by atomic mass is 16.5. The molecular formula is C15H19NO4. The van der Waals surface area contributed by atoms with Crippen molar-refractivity contribution in [2.45, 2.75) is 32.2 Å². The largest absolute Gasteiger partial charge is 0.496 e. The first-order valence-electron chi connectivity index (χ1n) is 6.73. The molecule has 1 saturated heterocycles. The summed E-state index contributed by atoms with van der Waals surface area (Å²) in [6.45, 7) is 2.39. The van der Waals surface area contributed by atoms with Gasteiger partial charge in [-0.2, -0.15) is 0 Å². The zero-order valence-electron chi connectivity index (χ0n) is 11.8. The molecule has 1 N–H and O–H groups in total. The van der Waals surface area contributed by atoms with Crippen LogP contribution in [0, 0.1) is 6.92 Å². The summed E-state index contributed by atoms with van der Waals surface area (Å²) in [6.07, 6.45) is 2.21. The average molecular weight is 277 g/mol. The van der Waals surface area contributed by atoms with Gasteiger partial charge in [-0.05, 0) is 43.9 Å². The molecule has 1 fully saturated rings. The van der Waals surface area contributed by atoms with Crippen molar-refractivity contribution >= 4 is 11.9 Å². The predicted octanol–water partition coefficient (Wildman–Crippen LogP) is 2.08. The molecule has 0 unspecified atom stereocenters. The van der Waals surface area contributed by atoms with E-state index in [9.17, 15) is 14.7 Å². The second-order valence-corrected chi connectivity index (χ2v) is 5.03. The van der Waals surface area contributed by atoms with Crippen LogP contribution in [-0.2, 0) is 4.79 Å². The molecule has 0 saturated carbocycles. The molecule has 1 aromatic carbocycles. The van der Waals surface area contributed by atoms with Crippen LogP contribution in [0.1, 0.15) is 35.2 Å². The molecule has 5 nitrogen and oxygen atoms in total. The molecule has 0 aliphatic carbocycles. The highest BCUT2D eigenvalue weighted by molar-refractivity contribution is 5.97. The first-order valence-corrected chi connectivity index (χ1v) is 6.73. The van der Waals surface area contributed by atoms with Crippen molar-refractivity contribution in [3.8, 4) is 5.75 Å². The van der Waals surface area contributed by atoms with E-state index in [1.54, 1.807) is 19.2 Å². The number of carboxylic acid groups (broad SMARTS) is 1. The molecule has 20 heavy (non-hydrogen) atoms. The zero-order chi connectivity index (χ0) is 14.7. The molecule has 2 rings (SSSR count). The molecule has 0 aromatic heterocycles. The van der Waals surface area contributed by atoms with Gasteiger partial charge in [0.05, 0.1) is 7.11 Å². The summed E-state index contributed by atoms with van der Waals surface area (Å²) in [4.78, 5) is 25.2. The van der Waals surface area contributed by atoms with Crippen LogP contribution in [0.15, 0.2) is 18.2 Å². The number of piperidine rings is 1. The summed E-state index contributed by atoms with van der Waals surface area (Å²) in [7, 11) is 1.55. The maximum atomic E-state index is 12.5. The summed E-state index contributed by atoms with van der Waals surface area (Å²) in [5, 5.41) is 9.23. The summed E-state index contributed by atoms with van der Waals surface area (Å²) < 4.78 is 5.21. The Balaban J connectivity index is 2.27. The van der Waals surface area contributed by atoms with Gasteiger partial charge in [-0.15, -0.1) is 0 Å². The Kier molecular flexibility index (Phi) is 4.27. The van der Waals surface area contributed by atoms with E-state index >= 15 is 0 Å². The second kappa shape index (κ2) is 5.94. The lowest BCUT2D eigenvalue weighted by molar-refractivity contribution is -0.143. The number of hydrogen-bond acceptors (Lipinski definition) is 3. The van der Waals surface area contributed by atoms with Crippen molar-refractivity contribution in [1.82, 2.24) is 4.90 Å². The van der Waals surface area contributed by atoms with E-state index in [-0.39, 0.29) is 5.91 Å². The number of likely N-dealkylation sites (tertiary alicyclic amines) is 1. The molecule has 0 radical (unpaired) electrons. The molecule has 1 atom stereocenters. The fourth-order valence-corrected chi connectivity index (χ4v) is 2.55. The third-order valence-corrected chi connectivity index (χ3v) is 3.70. The number of ether oxygens (including phenoxy) is 1. The lowest BCUT2D eigenvalue weighted by Crippen LogP contribution is -2.47. The fourth-order valence-electron chi connectivity index (χ4n) is 2.55. The molecule has 1 aliphatic rings. The maximum absolute atomic E-state index is 12.5. The first-order chi connectivity index (χ1) is 9.54. The number of nitrogens with zero attached hydrogens (tertiary/aromatic N) is 1. The number of benzene rings is 1. The van der Waals surface area contributed by atoms with Crippen LogP contribution < -0.4 is 4.74 Å². The van der Waals surface area contributed by atoms with Crippen molar-refractivity contribution in [3.05, 3.63) is 29.3 Å². The molecule has 1 aliphatic heterocycles. The van der Waals surface area contributed by atoms with E-state index in [1.165, 1.54) is 4.90 Å². The number of rotatable bonds is 3. The van der Waals surface area contributed by atoms with Crippen LogP contribution in [0.4, 0.5) is 0 Å². The number of carbonyl (C=O) groups excluding carboxylic acids is 1. The summed E-state index contributed by atoms with van der Waals surface area (Å²) >= 11 is 0. The normalized spacial score (nSPS) is 18.7. The summed E-state index contributed by atoms with van der Waals surface area (Å²) in [5.74, 6) is -0.535. The maximum Gasteiger partial charge on any atom is 0.326 e. The number of amides is 1. The number of hydrogen-bond donors (Lipinski definition) is 1. The van der Waals surface area contributed by atoms with Gasteiger partial charge in [-0.1, -0.05) is 6.07 Å². The van der Waals surface area contributed by atoms with Crippen LogP contribution >= 0.6 is 0 Å². The Labute approximate surface area is 118 Å². The van der Waals surface area contributed by atoms with Gasteiger partial charge in [0.25, 0.3) is 5.91 Å². The average Bonchev–Trinajstić information content (AvgIpc) is 2.47. The van der Waals surface area contributed by atoms with E-state index in [0.717, 1.165) is 18.4 Å². The monoisotopic (exact) mass is 277 g/mol. The number of carboxylic acids is 1. The van der Waals surface area contributed by atoms with Crippen LogP contribution in [0.3, 0.4) is 0 Å². The predicted molar refractivity (Wildman–Crippen MR) is 74.0 cm³/mol. The Bertz CT molecular complexity index is 527. The summed E-state index contributed by atoms with van der Waals surface area (Å²) in [5.41, 5.74) is 1.41. The number of aryl methyl sites for hydroxylation is 1. The molecular weight excluding hydrogens is 258 g/mol. The lowest BCUT2D eigenvalue weighted by atomic mass is 10.0. The van der Waals surface area contributed by atoms with Crippen LogP contribution in [0.25, 0.3) is 0 Å². The van der Waals surface area contributed by atoms with E-state index in [4.69, 9.17) is 4.74 Å². The Morgan fingerprint density at radius 3 is 2.75 bits per heavy atom. The van der Waals surface area contributed by atoms with Gasteiger partial charge in [0.1, 0.15) is 11.8 Å². The molecule has 0 bridgehead atoms. The smallest absolute Gasteiger partial charge is 0.326 e.